The molecule has 0 saturated heterocycles. The lowest BCUT2D eigenvalue weighted by atomic mass is 10.0. The molecule has 1 amide bonds. The van der Waals surface area contributed by atoms with Crippen LogP contribution in [0.4, 0.5) is 5.69 Å². The summed E-state index contributed by atoms with van der Waals surface area (Å²) in [5, 5.41) is 3.15. The fourth-order valence-electron chi connectivity index (χ4n) is 3.46. The van der Waals surface area contributed by atoms with Crippen molar-refractivity contribution in [2.75, 3.05) is 33.1 Å². The van der Waals surface area contributed by atoms with Gasteiger partial charge in [0.05, 0.1) is 21.3 Å². The van der Waals surface area contributed by atoms with Crippen molar-refractivity contribution in [3.8, 4) is 11.5 Å². The Labute approximate surface area is 168 Å². The quantitative estimate of drug-likeness (QED) is 0.698. The Morgan fingerprint density at radius 1 is 1.00 bits per heavy atom. The van der Waals surface area contributed by atoms with E-state index in [0.717, 1.165) is 46.9 Å². The summed E-state index contributed by atoms with van der Waals surface area (Å²) in [5.41, 5.74) is 5.61. The van der Waals surface area contributed by atoms with Crippen molar-refractivity contribution >= 4 is 11.6 Å². The highest BCUT2D eigenvalue weighted by Crippen LogP contribution is 2.30. The minimum absolute atomic E-state index is 0.0335. The van der Waals surface area contributed by atoms with Crippen LogP contribution in [0.25, 0.3) is 0 Å². The van der Waals surface area contributed by atoms with E-state index < -0.39 is 0 Å². The molecule has 0 aromatic heterocycles. The number of ether oxygens (including phenoxy) is 2. The molecule has 5 heteroatoms. The number of anilines is 1. The lowest BCUT2D eigenvalue weighted by Crippen LogP contribution is -3.08. The first kappa shape index (κ1) is 21.8. The van der Waals surface area contributed by atoms with Crippen LogP contribution in [0.1, 0.15) is 36.1 Å². The molecule has 2 rings (SSSR count). The molecule has 0 aliphatic carbocycles. The zero-order valence-corrected chi connectivity index (χ0v) is 17.9. The minimum atomic E-state index is 0.0335. The minimum Gasteiger partial charge on any atom is -0.493 e. The number of hydrogen-bond acceptors (Lipinski definition) is 3. The van der Waals surface area contributed by atoms with Crippen molar-refractivity contribution in [1.29, 1.82) is 0 Å². The number of carbonyl (C=O) groups excluding carboxylic acids is 1. The van der Waals surface area contributed by atoms with Crippen molar-refractivity contribution in [3.05, 3.63) is 52.6 Å². The molecule has 0 fully saturated rings. The van der Waals surface area contributed by atoms with Crippen molar-refractivity contribution in [1.82, 2.24) is 0 Å². The smallest absolute Gasteiger partial charge is 0.279 e. The SMILES string of the molecule is CCc1cccc(CC)c1NC(=O)C[NH+](C)Cc1cc(OC)c(OC)cc1C. The van der Waals surface area contributed by atoms with Gasteiger partial charge in [0, 0.05) is 11.3 Å². The number of para-hydroxylation sites is 1. The number of amides is 1. The molecule has 1 atom stereocenters. The predicted octanol–water partition coefficient (Wildman–Crippen LogP) is 2.79. The number of benzene rings is 2. The van der Waals surface area contributed by atoms with E-state index in [2.05, 4.69) is 44.3 Å². The molecule has 2 aromatic rings. The molecule has 0 aliphatic heterocycles. The Morgan fingerprint density at radius 3 is 2.11 bits per heavy atom. The van der Waals surface area contributed by atoms with Gasteiger partial charge in [-0.25, -0.2) is 0 Å². The zero-order chi connectivity index (χ0) is 20.7. The molecule has 28 heavy (non-hydrogen) atoms. The Kier molecular flexibility index (Phi) is 7.88. The summed E-state index contributed by atoms with van der Waals surface area (Å²) in [7, 11) is 5.30. The van der Waals surface area contributed by atoms with Gasteiger partial charge in [-0.1, -0.05) is 32.0 Å². The van der Waals surface area contributed by atoms with Gasteiger partial charge in [-0.15, -0.1) is 0 Å². The van der Waals surface area contributed by atoms with Gasteiger partial charge in [0.25, 0.3) is 5.91 Å². The standard InChI is InChI=1S/C23H32N2O3/c1-7-17-10-9-11-18(8-2)23(17)24-22(26)15-25(4)14-19-13-21(28-6)20(27-5)12-16(19)3/h9-13H,7-8,14-15H2,1-6H3,(H,24,26)/p+1. The first-order valence-corrected chi connectivity index (χ1v) is 9.86. The summed E-state index contributed by atoms with van der Waals surface area (Å²) in [6, 6.07) is 10.2. The van der Waals surface area contributed by atoms with Gasteiger partial charge < -0.3 is 19.7 Å². The van der Waals surface area contributed by atoms with Gasteiger partial charge in [-0.2, -0.15) is 0 Å². The van der Waals surface area contributed by atoms with Crippen molar-refractivity contribution in [3.63, 3.8) is 0 Å². The summed E-state index contributed by atoms with van der Waals surface area (Å²) in [6.07, 6.45) is 1.80. The summed E-state index contributed by atoms with van der Waals surface area (Å²) in [4.78, 5) is 13.8. The number of aryl methyl sites for hydroxylation is 3. The van der Waals surface area contributed by atoms with Crippen LogP contribution in [0, 0.1) is 6.92 Å². The van der Waals surface area contributed by atoms with Gasteiger partial charge >= 0.3 is 0 Å². The lowest BCUT2D eigenvalue weighted by molar-refractivity contribution is -0.885. The summed E-state index contributed by atoms with van der Waals surface area (Å²) in [5.74, 6) is 1.47. The summed E-state index contributed by atoms with van der Waals surface area (Å²) in [6.45, 7) is 7.41. The van der Waals surface area contributed by atoms with Crippen LogP contribution in [-0.2, 0) is 24.2 Å². The molecule has 0 radical (unpaired) electrons. The number of methoxy groups -OCH3 is 2. The highest BCUT2D eigenvalue weighted by molar-refractivity contribution is 5.93. The third kappa shape index (κ3) is 5.26. The summed E-state index contributed by atoms with van der Waals surface area (Å²) < 4.78 is 10.8. The van der Waals surface area contributed by atoms with E-state index in [1.807, 2.05) is 19.2 Å². The predicted molar refractivity (Wildman–Crippen MR) is 114 cm³/mol. The van der Waals surface area contributed by atoms with Crippen LogP contribution in [0.15, 0.2) is 30.3 Å². The molecule has 152 valence electrons. The van der Waals surface area contributed by atoms with E-state index >= 15 is 0 Å². The number of hydrogen-bond donors (Lipinski definition) is 2. The van der Waals surface area contributed by atoms with Gasteiger partial charge in [0.15, 0.2) is 18.0 Å². The zero-order valence-electron chi connectivity index (χ0n) is 17.9. The highest BCUT2D eigenvalue weighted by atomic mass is 16.5. The highest BCUT2D eigenvalue weighted by Gasteiger charge is 2.16. The third-order valence-electron chi connectivity index (χ3n) is 5.06. The maximum Gasteiger partial charge on any atom is 0.279 e. The maximum atomic E-state index is 12.7. The Hall–Kier alpha value is -2.53. The van der Waals surface area contributed by atoms with Gasteiger partial charge in [0.1, 0.15) is 6.54 Å². The van der Waals surface area contributed by atoms with E-state index in [1.54, 1.807) is 14.2 Å². The number of rotatable bonds is 9. The third-order valence-corrected chi connectivity index (χ3v) is 5.06. The van der Waals surface area contributed by atoms with Gasteiger partial charge in [-0.05, 0) is 48.6 Å². The van der Waals surface area contributed by atoms with E-state index in [1.165, 1.54) is 11.1 Å². The van der Waals surface area contributed by atoms with Crippen LogP contribution < -0.4 is 19.7 Å². The van der Waals surface area contributed by atoms with Crippen LogP contribution in [0.2, 0.25) is 0 Å². The molecule has 5 nitrogen and oxygen atoms in total. The second-order valence-corrected chi connectivity index (χ2v) is 7.15. The molecule has 0 heterocycles. The molecular weight excluding hydrogens is 352 g/mol. The number of carbonyl (C=O) groups is 1. The average Bonchev–Trinajstić information content (AvgIpc) is 2.69. The van der Waals surface area contributed by atoms with E-state index in [9.17, 15) is 4.79 Å². The monoisotopic (exact) mass is 385 g/mol. The molecule has 2 aromatic carbocycles. The molecule has 0 spiro atoms. The van der Waals surface area contributed by atoms with E-state index in [-0.39, 0.29) is 5.91 Å². The fraction of sp³-hybridized carbons (Fsp3) is 0.435. The Bertz CT molecular complexity index is 795. The van der Waals surface area contributed by atoms with E-state index in [4.69, 9.17) is 9.47 Å². The van der Waals surface area contributed by atoms with Crippen LogP contribution in [0.5, 0.6) is 11.5 Å². The lowest BCUT2D eigenvalue weighted by Gasteiger charge is -2.19. The fourth-order valence-corrected chi connectivity index (χ4v) is 3.46. The normalized spacial score (nSPS) is 11.8. The van der Waals surface area contributed by atoms with Crippen molar-refractivity contribution < 1.29 is 19.2 Å². The topological polar surface area (TPSA) is 52.0 Å². The largest absolute Gasteiger partial charge is 0.493 e. The molecule has 2 N–H and O–H groups in total. The molecule has 0 saturated carbocycles. The average molecular weight is 386 g/mol. The molecular formula is C23H33N2O3+. The van der Waals surface area contributed by atoms with Gasteiger partial charge in [-0.3, -0.25) is 4.79 Å². The van der Waals surface area contributed by atoms with Crippen molar-refractivity contribution in [2.45, 2.75) is 40.2 Å². The van der Waals surface area contributed by atoms with Gasteiger partial charge in [0.2, 0.25) is 0 Å². The van der Waals surface area contributed by atoms with Crippen LogP contribution in [-0.4, -0.2) is 33.7 Å². The van der Waals surface area contributed by atoms with Crippen LogP contribution >= 0.6 is 0 Å². The molecule has 1 unspecified atom stereocenters. The second-order valence-electron chi connectivity index (χ2n) is 7.15. The Morgan fingerprint density at radius 2 is 1.57 bits per heavy atom. The second kappa shape index (κ2) is 10.1. The van der Waals surface area contributed by atoms with Crippen LogP contribution in [0.3, 0.4) is 0 Å². The summed E-state index contributed by atoms with van der Waals surface area (Å²) >= 11 is 0. The number of nitrogens with one attached hydrogen (secondary N) is 2. The first-order chi connectivity index (χ1) is 13.4. The molecule has 0 bridgehead atoms. The first-order valence-electron chi connectivity index (χ1n) is 9.86. The number of quaternary nitrogens is 1. The maximum absolute atomic E-state index is 12.7. The molecule has 0 aliphatic rings. The van der Waals surface area contributed by atoms with E-state index in [0.29, 0.717) is 12.3 Å². The Balaban J connectivity index is 2.08. The van der Waals surface area contributed by atoms with Crippen molar-refractivity contribution in [2.24, 2.45) is 0 Å². The number of likely N-dealkylation sites (N-methyl/N-ethyl adjacent to an activating group) is 1.